The first kappa shape index (κ1) is 24.5. The van der Waals surface area contributed by atoms with Gasteiger partial charge in [-0.15, -0.1) is 0 Å². The van der Waals surface area contributed by atoms with E-state index in [0.29, 0.717) is 11.5 Å². The molecule has 4 aromatic rings. The number of carbonyl (C=O) groups is 2. The van der Waals surface area contributed by atoms with Gasteiger partial charge in [-0.2, -0.15) is 0 Å². The largest absolute Gasteiger partial charge is 0.461 e. The zero-order chi connectivity index (χ0) is 25.0. The third-order valence-electron chi connectivity index (χ3n) is 5.09. The highest BCUT2D eigenvalue weighted by Crippen LogP contribution is 2.23. The fourth-order valence-electron chi connectivity index (χ4n) is 3.32. The van der Waals surface area contributed by atoms with Crippen molar-refractivity contribution in [1.82, 2.24) is 0 Å². The Morgan fingerprint density at radius 1 is 0.472 bits per heavy atom. The average Bonchev–Trinajstić information content (AvgIpc) is 2.91. The third kappa shape index (κ3) is 8.02. The summed E-state index contributed by atoms with van der Waals surface area (Å²) in [4.78, 5) is 24.2. The van der Waals surface area contributed by atoms with Gasteiger partial charge in [0.1, 0.15) is 36.2 Å². The Morgan fingerprint density at radius 2 is 0.861 bits per heavy atom. The molecule has 0 bridgehead atoms. The van der Waals surface area contributed by atoms with E-state index in [1.165, 1.54) is 0 Å². The van der Waals surface area contributed by atoms with Gasteiger partial charge >= 0.3 is 11.9 Å². The highest BCUT2D eigenvalue weighted by molar-refractivity contribution is 5.77. The first-order chi connectivity index (χ1) is 17.6. The molecular weight excluding hydrogens is 456 g/mol. The average molecular weight is 483 g/mol. The van der Waals surface area contributed by atoms with Crippen LogP contribution < -0.4 is 9.47 Å². The maximum absolute atomic E-state index is 12.1. The molecule has 6 nitrogen and oxygen atoms in total. The topological polar surface area (TPSA) is 71.1 Å². The van der Waals surface area contributed by atoms with Crippen LogP contribution in [-0.4, -0.2) is 11.9 Å². The van der Waals surface area contributed by atoms with Gasteiger partial charge in [-0.3, -0.25) is 9.59 Å². The Hall–Kier alpha value is -4.58. The van der Waals surface area contributed by atoms with Gasteiger partial charge in [0.2, 0.25) is 0 Å². The fraction of sp³-hybridized carbons (Fsp3) is 0.133. The predicted molar refractivity (Wildman–Crippen MR) is 135 cm³/mol. The van der Waals surface area contributed by atoms with Crippen LogP contribution in [0, 0.1) is 0 Å². The summed E-state index contributed by atoms with van der Waals surface area (Å²) in [6.07, 6.45) is -0.119. The maximum atomic E-state index is 12.1. The second-order valence-corrected chi connectivity index (χ2v) is 7.95. The molecule has 0 amide bonds. The minimum absolute atomic E-state index is 0.0593. The highest BCUT2D eigenvalue weighted by Gasteiger charge is 2.11. The molecule has 6 heteroatoms. The lowest BCUT2D eigenvalue weighted by molar-refractivity contribution is -0.151. The molecule has 4 rings (SSSR count). The van der Waals surface area contributed by atoms with Crippen LogP contribution in [0.1, 0.15) is 24.0 Å². The van der Waals surface area contributed by atoms with Crippen molar-refractivity contribution < 1.29 is 28.5 Å². The van der Waals surface area contributed by atoms with Crippen LogP contribution in [0.15, 0.2) is 109 Å². The van der Waals surface area contributed by atoms with Crippen molar-refractivity contribution in [2.24, 2.45) is 0 Å². The second-order valence-electron chi connectivity index (χ2n) is 7.95. The molecule has 36 heavy (non-hydrogen) atoms. The summed E-state index contributed by atoms with van der Waals surface area (Å²) < 4.78 is 22.2. The van der Waals surface area contributed by atoms with Crippen LogP contribution >= 0.6 is 0 Å². The van der Waals surface area contributed by atoms with E-state index in [-0.39, 0.29) is 26.1 Å². The number of para-hydroxylation sites is 2. The van der Waals surface area contributed by atoms with E-state index in [1.807, 2.05) is 109 Å². The zero-order valence-corrected chi connectivity index (χ0v) is 19.7. The second kappa shape index (κ2) is 12.8. The van der Waals surface area contributed by atoms with Crippen LogP contribution in [0.5, 0.6) is 23.0 Å². The molecule has 0 aliphatic rings. The summed E-state index contributed by atoms with van der Waals surface area (Å²) >= 11 is 0. The van der Waals surface area contributed by atoms with Crippen LogP contribution in [0.25, 0.3) is 0 Å². The number of esters is 2. The lowest BCUT2D eigenvalue weighted by Crippen LogP contribution is -2.10. The van der Waals surface area contributed by atoms with E-state index >= 15 is 0 Å². The van der Waals surface area contributed by atoms with Crippen LogP contribution in [0.3, 0.4) is 0 Å². The molecule has 0 fully saturated rings. The minimum atomic E-state index is -0.473. The standard InChI is InChI=1S/C30H26O6/c31-29(33-21-23-9-7-15-27(19-23)35-25-11-3-1-4-12-25)17-18-30(32)34-22-24-10-8-16-28(20-24)36-26-13-5-2-6-14-26/h1-16,19-20H,17-18,21-22H2. The molecule has 0 heterocycles. The quantitative estimate of drug-likeness (QED) is 0.218. The van der Waals surface area contributed by atoms with Gasteiger partial charge in [0.25, 0.3) is 0 Å². The molecule has 0 unspecified atom stereocenters. The molecular formula is C30H26O6. The normalized spacial score (nSPS) is 10.3. The van der Waals surface area contributed by atoms with Crippen molar-refractivity contribution in [1.29, 1.82) is 0 Å². The molecule has 0 aliphatic carbocycles. The smallest absolute Gasteiger partial charge is 0.306 e. The SMILES string of the molecule is O=C(CCC(=O)OCc1cccc(Oc2ccccc2)c1)OCc1cccc(Oc2ccccc2)c1. The van der Waals surface area contributed by atoms with E-state index in [2.05, 4.69) is 0 Å². The number of hydrogen-bond acceptors (Lipinski definition) is 6. The molecule has 0 aliphatic heterocycles. The van der Waals surface area contributed by atoms with Crippen molar-refractivity contribution >= 4 is 11.9 Å². The number of carbonyl (C=O) groups excluding carboxylic acids is 2. The van der Waals surface area contributed by atoms with Crippen molar-refractivity contribution in [3.63, 3.8) is 0 Å². The van der Waals surface area contributed by atoms with Gasteiger partial charge in [0.15, 0.2) is 0 Å². The van der Waals surface area contributed by atoms with Gasteiger partial charge < -0.3 is 18.9 Å². The lowest BCUT2D eigenvalue weighted by Gasteiger charge is -2.09. The first-order valence-electron chi connectivity index (χ1n) is 11.6. The molecule has 0 saturated heterocycles. The van der Waals surface area contributed by atoms with Gasteiger partial charge in [-0.25, -0.2) is 0 Å². The van der Waals surface area contributed by atoms with Crippen molar-refractivity contribution in [2.75, 3.05) is 0 Å². The van der Waals surface area contributed by atoms with E-state index < -0.39 is 11.9 Å². The number of rotatable bonds is 11. The summed E-state index contributed by atoms with van der Waals surface area (Å²) in [5.41, 5.74) is 1.58. The van der Waals surface area contributed by atoms with E-state index in [0.717, 1.165) is 22.6 Å². The summed E-state index contributed by atoms with van der Waals surface area (Å²) in [5.74, 6) is 1.80. The summed E-state index contributed by atoms with van der Waals surface area (Å²) in [6, 6.07) is 33.5. The summed E-state index contributed by atoms with van der Waals surface area (Å²) in [7, 11) is 0. The molecule has 0 radical (unpaired) electrons. The van der Waals surface area contributed by atoms with Crippen molar-refractivity contribution in [3.8, 4) is 23.0 Å². The lowest BCUT2D eigenvalue weighted by atomic mass is 10.2. The fourth-order valence-corrected chi connectivity index (χ4v) is 3.32. The number of benzene rings is 4. The van der Waals surface area contributed by atoms with Gasteiger partial charge in [-0.1, -0.05) is 60.7 Å². The molecule has 0 atom stereocenters. The Bertz CT molecular complexity index is 1170. The summed E-state index contributed by atoms with van der Waals surface area (Å²) in [6.45, 7) is 0.183. The minimum Gasteiger partial charge on any atom is -0.461 e. The van der Waals surface area contributed by atoms with Crippen LogP contribution in [0.4, 0.5) is 0 Å². The Balaban J connectivity index is 1.17. The van der Waals surface area contributed by atoms with Crippen LogP contribution in [-0.2, 0) is 32.3 Å². The molecule has 0 N–H and O–H groups in total. The number of hydrogen-bond donors (Lipinski definition) is 0. The monoisotopic (exact) mass is 482 g/mol. The molecule has 182 valence electrons. The maximum Gasteiger partial charge on any atom is 0.306 e. The molecule has 0 aromatic heterocycles. The van der Waals surface area contributed by atoms with Gasteiger partial charge in [0, 0.05) is 0 Å². The number of ether oxygens (including phenoxy) is 4. The molecule has 0 spiro atoms. The third-order valence-corrected chi connectivity index (χ3v) is 5.09. The molecule has 0 saturated carbocycles. The van der Waals surface area contributed by atoms with Crippen LogP contribution in [0.2, 0.25) is 0 Å². The van der Waals surface area contributed by atoms with Crippen molar-refractivity contribution in [2.45, 2.75) is 26.1 Å². The highest BCUT2D eigenvalue weighted by atomic mass is 16.5. The Kier molecular flexibility index (Phi) is 8.70. The summed E-state index contributed by atoms with van der Waals surface area (Å²) in [5, 5.41) is 0. The van der Waals surface area contributed by atoms with Gasteiger partial charge in [-0.05, 0) is 59.7 Å². The van der Waals surface area contributed by atoms with E-state index in [9.17, 15) is 9.59 Å². The van der Waals surface area contributed by atoms with Crippen molar-refractivity contribution in [3.05, 3.63) is 120 Å². The van der Waals surface area contributed by atoms with Gasteiger partial charge in [0.05, 0.1) is 12.8 Å². The predicted octanol–water partition coefficient (Wildman–Crippen LogP) is 6.84. The molecule has 4 aromatic carbocycles. The zero-order valence-electron chi connectivity index (χ0n) is 19.7. The first-order valence-corrected chi connectivity index (χ1v) is 11.6. The van der Waals surface area contributed by atoms with E-state index in [1.54, 1.807) is 0 Å². The van der Waals surface area contributed by atoms with E-state index in [4.69, 9.17) is 18.9 Å². The Morgan fingerprint density at radius 3 is 1.28 bits per heavy atom. The Labute approximate surface area is 210 Å².